The second kappa shape index (κ2) is 5.55. The molecule has 100 valence electrons. The Morgan fingerprint density at radius 1 is 1.39 bits per heavy atom. The number of hydrogen-bond acceptors (Lipinski definition) is 2. The minimum Gasteiger partial charge on any atom is -0.481 e. The molecule has 0 radical (unpaired) electrons. The van der Waals surface area contributed by atoms with Crippen molar-refractivity contribution in [2.45, 2.75) is 57.9 Å². The zero-order valence-corrected chi connectivity index (χ0v) is 11.2. The van der Waals surface area contributed by atoms with E-state index >= 15 is 0 Å². The van der Waals surface area contributed by atoms with Crippen LogP contribution < -0.4 is 0 Å². The Balaban J connectivity index is 2.32. The van der Waals surface area contributed by atoms with Crippen molar-refractivity contribution in [3.05, 3.63) is 18.2 Å². The van der Waals surface area contributed by atoms with Gasteiger partial charge in [-0.2, -0.15) is 0 Å². The van der Waals surface area contributed by atoms with E-state index in [0.29, 0.717) is 5.92 Å². The summed E-state index contributed by atoms with van der Waals surface area (Å²) in [5.74, 6) is 0.412. The zero-order valence-electron chi connectivity index (χ0n) is 11.2. The van der Waals surface area contributed by atoms with Crippen LogP contribution in [0.15, 0.2) is 12.4 Å². The van der Waals surface area contributed by atoms with Crippen LogP contribution in [-0.2, 0) is 4.79 Å². The summed E-state index contributed by atoms with van der Waals surface area (Å²) in [4.78, 5) is 15.8. The molecule has 4 nitrogen and oxygen atoms in total. The highest BCUT2D eigenvalue weighted by molar-refractivity contribution is 5.70. The molecule has 0 spiro atoms. The summed E-state index contributed by atoms with van der Waals surface area (Å²) in [7, 11) is 0. The first-order valence-corrected chi connectivity index (χ1v) is 6.86. The number of aromatic nitrogens is 2. The minimum absolute atomic E-state index is 0.0740. The first-order valence-electron chi connectivity index (χ1n) is 6.86. The quantitative estimate of drug-likeness (QED) is 0.838. The van der Waals surface area contributed by atoms with Gasteiger partial charge in [-0.05, 0) is 12.8 Å². The predicted octanol–water partition coefficient (Wildman–Crippen LogP) is 3.21. The Hall–Kier alpha value is -1.32. The third-order valence-corrected chi connectivity index (χ3v) is 3.87. The fourth-order valence-corrected chi connectivity index (χ4v) is 2.96. The van der Waals surface area contributed by atoms with Crippen molar-refractivity contribution in [3.63, 3.8) is 0 Å². The van der Waals surface area contributed by atoms with Crippen molar-refractivity contribution in [2.75, 3.05) is 0 Å². The summed E-state index contributed by atoms with van der Waals surface area (Å²) in [6.07, 6.45) is 8.76. The second-order valence-electron chi connectivity index (χ2n) is 5.50. The minimum atomic E-state index is -0.662. The van der Waals surface area contributed by atoms with Gasteiger partial charge < -0.3 is 9.67 Å². The molecule has 1 aliphatic carbocycles. The summed E-state index contributed by atoms with van der Waals surface area (Å²) < 4.78 is 2.11. The number of carboxylic acids is 1. The Kier molecular flexibility index (Phi) is 4.04. The smallest absolute Gasteiger partial charge is 0.308 e. The maximum absolute atomic E-state index is 11.5. The van der Waals surface area contributed by atoms with E-state index in [-0.39, 0.29) is 12.0 Å². The lowest BCUT2D eigenvalue weighted by Crippen LogP contribution is -2.26. The Morgan fingerprint density at radius 3 is 2.78 bits per heavy atom. The molecular formula is C14H22N2O2. The third-order valence-electron chi connectivity index (χ3n) is 3.87. The maximum Gasteiger partial charge on any atom is 0.308 e. The topological polar surface area (TPSA) is 55.1 Å². The predicted molar refractivity (Wildman–Crippen MR) is 69.6 cm³/mol. The summed E-state index contributed by atoms with van der Waals surface area (Å²) in [5.41, 5.74) is 0. The molecule has 1 aromatic rings. The average molecular weight is 250 g/mol. The van der Waals surface area contributed by atoms with Crippen molar-refractivity contribution in [2.24, 2.45) is 5.92 Å². The van der Waals surface area contributed by atoms with Crippen LogP contribution in [0.5, 0.6) is 0 Å². The van der Waals surface area contributed by atoms with Gasteiger partial charge in [0, 0.05) is 24.4 Å². The van der Waals surface area contributed by atoms with E-state index in [1.807, 2.05) is 6.20 Å². The molecule has 1 heterocycles. The molecule has 0 aliphatic heterocycles. The van der Waals surface area contributed by atoms with E-state index in [2.05, 4.69) is 23.4 Å². The van der Waals surface area contributed by atoms with Crippen LogP contribution in [0.25, 0.3) is 0 Å². The van der Waals surface area contributed by atoms with Gasteiger partial charge in [-0.25, -0.2) is 4.98 Å². The van der Waals surface area contributed by atoms with Crippen molar-refractivity contribution in [3.8, 4) is 0 Å². The molecule has 1 fully saturated rings. The van der Waals surface area contributed by atoms with Crippen LogP contribution in [-0.4, -0.2) is 20.6 Å². The number of aliphatic carboxylic acids is 1. The highest BCUT2D eigenvalue weighted by Gasteiger charge is 2.32. The Bertz CT molecular complexity index is 412. The van der Waals surface area contributed by atoms with Gasteiger partial charge >= 0.3 is 5.97 Å². The molecule has 2 unspecified atom stereocenters. The van der Waals surface area contributed by atoms with E-state index in [4.69, 9.17) is 0 Å². The largest absolute Gasteiger partial charge is 0.481 e. The van der Waals surface area contributed by atoms with Gasteiger partial charge in [-0.3, -0.25) is 4.79 Å². The number of imidazole rings is 1. The molecule has 1 saturated carbocycles. The first kappa shape index (κ1) is 13.1. The van der Waals surface area contributed by atoms with E-state index in [1.165, 1.54) is 0 Å². The fourth-order valence-electron chi connectivity index (χ4n) is 2.96. The summed E-state index contributed by atoms with van der Waals surface area (Å²) in [6.45, 7) is 4.20. The van der Waals surface area contributed by atoms with Gasteiger partial charge in [0.2, 0.25) is 0 Å². The van der Waals surface area contributed by atoms with Crippen LogP contribution in [0, 0.1) is 5.92 Å². The molecule has 1 aliphatic rings. The van der Waals surface area contributed by atoms with Crippen molar-refractivity contribution < 1.29 is 9.90 Å². The molecule has 0 bridgehead atoms. The summed E-state index contributed by atoms with van der Waals surface area (Å²) in [5, 5.41) is 9.43. The molecule has 1 aromatic heterocycles. The molecule has 4 heteroatoms. The van der Waals surface area contributed by atoms with E-state index in [0.717, 1.165) is 37.9 Å². The normalized spacial score (nSPS) is 25.1. The molecule has 1 N–H and O–H groups in total. The monoisotopic (exact) mass is 250 g/mol. The van der Waals surface area contributed by atoms with Crippen LogP contribution in [0.2, 0.25) is 0 Å². The van der Waals surface area contributed by atoms with E-state index in [9.17, 15) is 9.90 Å². The Morgan fingerprint density at radius 2 is 2.11 bits per heavy atom. The van der Waals surface area contributed by atoms with Gasteiger partial charge in [-0.1, -0.05) is 33.1 Å². The standard InChI is InChI=1S/C14H22N2O2/c1-10(2)13-15-8-9-16(13)12-7-5-3-4-6-11(12)14(17)18/h8-12H,3-7H2,1-2H3,(H,17,18). The molecule has 2 rings (SSSR count). The summed E-state index contributed by atoms with van der Waals surface area (Å²) in [6, 6.07) is 0.0740. The van der Waals surface area contributed by atoms with Crippen molar-refractivity contribution in [1.82, 2.24) is 9.55 Å². The lowest BCUT2D eigenvalue weighted by atomic mass is 9.94. The van der Waals surface area contributed by atoms with Gasteiger partial charge in [0.25, 0.3) is 0 Å². The van der Waals surface area contributed by atoms with Crippen LogP contribution in [0.3, 0.4) is 0 Å². The Labute approximate surface area is 108 Å². The lowest BCUT2D eigenvalue weighted by molar-refractivity contribution is -0.143. The SMILES string of the molecule is CC(C)c1nccn1C1CCCCCC1C(=O)O. The zero-order chi connectivity index (χ0) is 13.1. The number of hydrogen-bond donors (Lipinski definition) is 1. The van der Waals surface area contributed by atoms with Crippen molar-refractivity contribution >= 4 is 5.97 Å². The van der Waals surface area contributed by atoms with E-state index < -0.39 is 5.97 Å². The molecule has 0 amide bonds. The first-order chi connectivity index (χ1) is 8.61. The molecule has 2 atom stereocenters. The van der Waals surface area contributed by atoms with Crippen LogP contribution in [0.4, 0.5) is 0 Å². The van der Waals surface area contributed by atoms with Gasteiger partial charge in [0.15, 0.2) is 0 Å². The van der Waals surface area contributed by atoms with Gasteiger partial charge in [0.05, 0.1) is 5.92 Å². The maximum atomic E-state index is 11.5. The fraction of sp³-hybridized carbons (Fsp3) is 0.714. The van der Waals surface area contributed by atoms with Crippen LogP contribution in [0.1, 0.15) is 63.7 Å². The number of carboxylic acid groups (broad SMARTS) is 1. The second-order valence-corrected chi connectivity index (χ2v) is 5.50. The summed E-state index contributed by atoms with van der Waals surface area (Å²) >= 11 is 0. The number of nitrogens with zero attached hydrogens (tertiary/aromatic N) is 2. The molecular weight excluding hydrogens is 228 g/mol. The number of rotatable bonds is 3. The molecule has 0 aromatic carbocycles. The molecule has 18 heavy (non-hydrogen) atoms. The van der Waals surface area contributed by atoms with Gasteiger partial charge in [-0.15, -0.1) is 0 Å². The lowest BCUT2D eigenvalue weighted by Gasteiger charge is -2.25. The highest BCUT2D eigenvalue weighted by Crippen LogP contribution is 2.34. The van der Waals surface area contributed by atoms with Crippen molar-refractivity contribution in [1.29, 1.82) is 0 Å². The van der Waals surface area contributed by atoms with Gasteiger partial charge in [0.1, 0.15) is 5.82 Å². The number of carbonyl (C=O) groups is 1. The van der Waals surface area contributed by atoms with E-state index in [1.54, 1.807) is 6.20 Å². The van der Waals surface area contributed by atoms with Crippen LogP contribution >= 0.6 is 0 Å². The highest BCUT2D eigenvalue weighted by atomic mass is 16.4. The third kappa shape index (κ3) is 2.57. The molecule has 0 saturated heterocycles. The average Bonchev–Trinajstić information content (AvgIpc) is 2.66.